The minimum atomic E-state index is -0.388. The highest BCUT2D eigenvalue weighted by atomic mass is 79.9. The largest absolute Gasteiger partial charge is 0.394 e. The Hall–Kier alpha value is -0.870. The van der Waals surface area contributed by atoms with Crippen molar-refractivity contribution in [1.29, 1.82) is 0 Å². The molecular formula is C17H24BrNO2. The van der Waals surface area contributed by atoms with Crippen LogP contribution in [0.3, 0.4) is 0 Å². The molecule has 0 heterocycles. The van der Waals surface area contributed by atoms with E-state index in [9.17, 15) is 9.90 Å². The van der Waals surface area contributed by atoms with Gasteiger partial charge in [-0.2, -0.15) is 0 Å². The Bertz CT molecular complexity index is 481. The average Bonchev–Trinajstić information content (AvgIpc) is 2.48. The summed E-state index contributed by atoms with van der Waals surface area (Å²) in [7, 11) is 0. The van der Waals surface area contributed by atoms with E-state index in [0.29, 0.717) is 12.3 Å². The summed E-state index contributed by atoms with van der Waals surface area (Å²) in [5, 5.41) is 12.8. The molecule has 1 aromatic carbocycles. The summed E-state index contributed by atoms with van der Waals surface area (Å²) in [6.45, 7) is 2.28. The first kappa shape index (κ1) is 16.5. The third-order valence-corrected chi connectivity index (χ3v) is 4.96. The maximum atomic E-state index is 12.2. The van der Waals surface area contributed by atoms with E-state index in [4.69, 9.17) is 0 Å². The second kappa shape index (κ2) is 7.41. The molecule has 1 fully saturated rings. The quantitative estimate of drug-likeness (QED) is 0.851. The minimum Gasteiger partial charge on any atom is -0.394 e. The van der Waals surface area contributed by atoms with Crippen LogP contribution >= 0.6 is 15.9 Å². The van der Waals surface area contributed by atoms with Gasteiger partial charge in [0.1, 0.15) is 0 Å². The van der Waals surface area contributed by atoms with Gasteiger partial charge in [-0.05, 0) is 55.7 Å². The van der Waals surface area contributed by atoms with Gasteiger partial charge in [0.2, 0.25) is 5.91 Å². The number of aliphatic hydroxyl groups is 1. The molecule has 0 atom stereocenters. The van der Waals surface area contributed by atoms with E-state index in [2.05, 4.69) is 28.2 Å². The molecule has 1 saturated carbocycles. The van der Waals surface area contributed by atoms with E-state index in [1.807, 2.05) is 24.3 Å². The number of aliphatic hydroxyl groups excluding tert-OH is 1. The smallest absolute Gasteiger partial charge is 0.220 e. The maximum Gasteiger partial charge on any atom is 0.220 e. The molecule has 2 N–H and O–H groups in total. The van der Waals surface area contributed by atoms with Crippen LogP contribution in [0.25, 0.3) is 0 Å². The van der Waals surface area contributed by atoms with Crippen molar-refractivity contribution in [3.63, 3.8) is 0 Å². The van der Waals surface area contributed by atoms with E-state index in [1.54, 1.807) is 0 Å². The molecular weight excluding hydrogens is 330 g/mol. The fourth-order valence-corrected chi connectivity index (χ4v) is 3.39. The van der Waals surface area contributed by atoms with Crippen LogP contribution in [-0.2, 0) is 11.2 Å². The standard InChI is InChI=1S/C17H24BrNO2/c1-13-7-9-17(12-20,10-8-13)19-16(21)6-5-14-3-2-4-15(18)11-14/h2-4,11,13,20H,5-10,12H2,1H3,(H,19,21). The molecule has 0 aromatic heterocycles. The molecule has 0 bridgehead atoms. The topological polar surface area (TPSA) is 49.3 Å². The normalized spacial score (nSPS) is 25.6. The van der Waals surface area contributed by atoms with Crippen LogP contribution in [0, 0.1) is 5.92 Å². The predicted molar refractivity (Wildman–Crippen MR) is 88.1 cm³/mol. The van der Waals surface area contributed by atoms with Crippen LogP contribution in [0.2, 0.25) is 0 Å². The third-order valence-electron chi connectivity index (χ3n) is 4.47. The molecule has 4 heteroatoms. The summed E-state index contributed by atoms with van der Waals surface area (Å²) in [4.78, 5) is 12.2. The number of hydrogen-bond acceptors (Lipinski definition) is 2. The summed E-state index contributed by atoms with van der Waals surface area (Å²) in [6.07, 6.45) is 5.11. The first-order valence-electron chi connectivity index (χ1n) is 7.69. The lowest BCUT2D eigenvalue weighted by Crippen LogP contribution is -2.53. The van der Waals surface area contributed by atoms with Crippen molar-refractivity contribution in [1.82, 2.24) is 5.32 Å². The van der Waals surface area contributed by atoms with Crippen LogP contribution in [0.5, 0.6) is 0 Å². The van der Waals surface area contributed by atoms with Crippen LogP contribution in [-0.4, -0.2) is 23.2 Å². The van der Waals surface area contributed by atoms with Gasteiger partial charge in [-0.15, -0.1) is 0 Å². The van der Waals surface area contributed by atoms with Gasteiger partial charge in [-0.25, -0.2) is 0 Å². The van der Waals surface area contributed by atoms with Crippen LogP contribution in [0.1, 0.15) is 44.6 Å². The third kappa shape index (κ3) is 4.82. The molecule has 0 spiro atoms. The summed E-state index contributed by atoms with van der Waals surface area (Å²) < 4.78 is 1.04. The number of carbonyl (C=O) groups is 1. The number of benzene rings is 1. The Labute approximate surface area is 135 Å². The Morgan fingerprint density at radius 3 is 2.76 bits per heavy atom. The van der Waals surface area contributed by atoms with Crippen molar-refractivity contribution in [2.45, 2.75) is 51.0 Å². The average molecular weight is 354 g/mol. The first-order valence-corrected chi connectivity index (χ1v) is 8.49. The molecule has 1 amide bonds. The van der Waals surface area contributed by atoms with Crippen molar-refractivity contribution < 1.29 is 9.90 Å². The number of aryl methyl sites for hydroxylation is 1. The zero-order valence-electron chi connectivity index (χ0n) is 12.6. The lowest BCUT2D eigenvalue weighted by atomic mass is 9.77. The van der Waals surface area contributed by atoms with Crippen molar-refractivity contribution >= 4 is 21.8 Å². The van der Waals surface area contributed by atoms with Gasteiger partial charge >= 0.3 is 0 Å². The van der Waals surface area contributed by atoms with Gasteiger partial charge in [0.05, 0.1) is 12.1 Å². The van der Waals surface area contributed by atoms with Gasteiger partial charge < -0.3 is 10.4 Å². The van der Waals surface area contributed by atoms with Crippen molar-refractivity contribution in [3.8, 4) is 0 Å². The number of hydrogen-bond donors (Lipinski definition) is 2. The van der Waals surface area contributed by atoms with E-state index >= 15 is 0 Å². The first-order chi connectivity index (χ1) is 10.0. The highest BCUT2D eigenvalue weighted by Gasteiger charge is 2.34. The summed E-state index contributed by atoms with van der Waals surface area (Å²) in [6, 6.07) is 8.03. The van der Waals surface area contributed by atoms with Gasteiger partial charge in [0.15, 0.2) is 0 Å². The highest BCUT2D eigenvalue weighted by molar-refractivity contribution is 9.10. The van der Waals surface area contributed by atoms with E-state index < -0.39 is 0 Å². The molecule has 2 rings (SSSR count). The number of amides is 1. The monoisotopic (exact) mass is 353 g/mol. The number of nitrogens with one attached hydrogen (secondary N) is 1. The molecule has 0 saturated heterocycles. The SMILES string of the molecule is CC1CCC(CO)(NC(=O)CCc2cccc(Br)c2)CC1. The van der Waals surface area contributed by atoms with Gasteiger partial charge in [0, 0.05) is 10.9 Å². The molecule has 0 radical (unpaired) electrons. The summed E-state index contributed by atoms with van der Waals surface area (Å²) in [5.74, 6) is 0.738. The van der Waals surface area contributed by atoms with Gasteiger partial charge in [-0.3, -0.25) is 4.79 Å². The van der Waals surface area contributed by atoms with E-state index in [1.165, 1.54) is 0 Å². The lowest BCUT2D eigenvalue weighted by molar-refractivity contribution is -0.124. The van der Waals surface area contributed by atoms with Gasteiger partial charge in [0.25, 0.3) is 0 Å². The Morgan fingerprint density at radius 2 is 2.14 bits per heavy atom. The predicted octanol–water partition coefficient (Wildman–Crippen LogP) is 3.44. The van der Waals surface area contributed by atoms with Crippen LogP contribution < -0.4 is 5.32 Å². The lowest BCUT2D eigenvalue weighted by Gasteiger charge is -2.38. The molecule has 116 valence electrons. The molecule has 1 aliphatic rings. The molecule has 0 aliphatic heterocycles. The second-order valence-electron chi connectivity index (χ2n) is 6.30. The fourth-order valence-electron chi connectivity index (χ4n) is 2.95. The Balaban J connectivity index is 1.86. The van der Waals surface area contributed by atoms with Crippen molar-refractivity contribution in [2.75, 3.05) is 6.61 Å². The number of carbonyl (C=O) groups excluding carboxylic acids is 1. The number of halogens is 1. The Morgan fingerprint density at radius 1 is 1.43 bits per heavy atom. The minimum absolute atomic E-state index is 0.0404. The maximum absolute atomic E-state index is 12.2. The molecule has 3 nitrogen and oxygen atoms in total. The second-order valence-corrected chi connectivity index (χ2v) is 7.21. The zero-order chi connectivity index (χ0) is 15.3. The summed E-state index contributed by atoms with van der Waals surface area (Å²) >= 11 is 3.44. The Kier molecular flexibility index (Phi) is 5.82. The van der Waals surface area contributed by atoms with E-state index in [0.717, 1.165) is 42.1 Å². The van der Waals surface area contributed by atoms with Gasteiger partial charge in [-0.1, -0.05) is 35.0 Å². The molecule has 21 heavy (non-hydrogen) atoms. The molecule has 1 aliphatic carbocycles. The number of rotatable bonds is 5. The summed E-state index contributed by atoms with van der Waals surface area (Å²) in [5.41, 5.74) is 0.760. The van der Waals surface area contributed by atoms with E-state index in [-0.39, 0.29) is 18.1 Å². The van der Waals surface area contributed by atoms with Crippen molar-refractivity contribution in [3.05, 3.63) is 34.3 Å². The zero-order valence-corrected chi connectivity index (χ0v) is 14.2. The molecule has 0 unspecified atom stereocenters. The fraction of sp³-hybridized carbons (Fsp3) is 0.588. The van der Waals surface area contributed by atoms with Crippen molar-refractivity contribution in [2.24, 2.45) is 5.92 Å². The van der Waals surface area contributed by atoms with Crippen LogP contribution in [0.4, 0.5) is 0 Å². The van der Waals surface area contributed by atoms with Crippen LogP contribution in [0.15, 0.2) is 28.7 Å². The molecule has 1 aromatic rings. The highest BCUT2D eigenvalue weighted by Crippen LogP contribution is 2.31.